The number of rotatable bonds is 3. The molecule has 1 aromatic carbocycles. The first-order valence-corrected chi connectivity index (χ1v) is 6.18. The van der Waals surface area contributed by atoms with Gasteiger partial charge in [0, 0.05) is 17.3 Å². The molecule has 1 aromatic heterocycles. The van der Waals surface area contributed by atoms with Crippen molar-refractivity contribution in [3.63, 3.8) is 0 Å². The van der Waals surface area contributed by atoms with Crippen molar-refractivity contribution in [2.45, 2.75) is 6.92 Å². The van der Waals surface area contributed by atoms with Crippen molar-refractivity contribution in [3.8, 4) is 0 Å². The zero-order valence-corrected chi connectivity index (χ0v) is 11.2. The van der Waals surface area contributed by atoms with Crippen molar-refractivity contribution in [2.24, 2.45) is 0 Å². The predicted octanol–water partition coefficient (Wildman–Crippen LogP) is 3.70. The zero-order chi connectivity index (χ0) is 13.7. The molecule has 0 unspecified atom stereocenters. The fourth-order valence-electron chi connectivity index (χ4n) is 1.55. The molecule has 2 rings (SSSR count). The van der Waals surface area contributed by atoms with Crippen LogP contribution in [-0.4, -0.2) is 10.9 Å². The maximum absolute atomic E-state index is 11.7. The number of carbonyl (C=O) groups excluding carboxylic acids is 1. The van der Waals surface area contributed by atoms with E-state index in [-0.39, 0.29) is 5.91 Å². The average Bonchev–Trinajstić information content (AvgIpc) is 2.36. The van der Waals surface area contributed by atoms with Gasteiger partial charge in [0.15, 0.2) is 0 Å². The van der Waals surface area contributed by atoms with Gasteiger partial charge in [0.2, 0.25) is 5.91 Å². The van der Waals surface area contributed by atoms with Gasteiger partial charge in [0.1, 0.15) is 5.82 Å². The largest absolute Gasteiger partial charge is 0.307 e. The fraction of sp³-hybridized carbons (Fsp3) is 0.0667. The van der Waals surface area contributed by atoms with Crippen LogP contribution in [0.2, 0.25) is 5.02 Å². The van der Waals surface area contributed by atoms with Gasteiger partial charge in [-0.05, 0) is 48.4 Å². The molecule has 0 atom stereocenters. The summed E-state index contributed by atoms with van der Waals surface area (Å²) in [6, 6.07) is 11.0. The Hall–Kier alpha value is -2.13. The summed E-state index contributed by atoms with van der Waals surface area (Å²) in [6.45, 7) is 1.94. The molecule has 3 nitrogen and oxygen atoms in total. The molecule has 0 fully saturated rings. The molecule has 1 heterocycles. The van der Waals surface area contributed by atoms with Crippen LogP contribution in [0.5, 0.6) is 0 Å². The highest BCUT2D eigenvalue weighted by Crippen LogP contribution is 2.12. The SMILES string of the molecule is Cc1ccnc(NC(=O)C=Cc2cccc(Cl)c2)c1. The number of anilines is 1. The van der Waals surface area contributed by atoms with Crippen LogP contribution in [0, 0.1) is 6.92 Å². The number of benzene rings is 1. The molecule has 96 valence electrons. The van der Waals surface area contributed by atoms with Crippen LogP contribution in [0.25, 0.3) is 6.08 Å². The highest BCUT2D eigenvalue weighted by Gasteiger charge is 1.99. The number of halogens is 1. The van der Waals surface area contributed by atoms with Crippen molar-refractivity contribution in [2.75, 3.05) is 5.32 Å². The Balaban J connectivity index is 2.01. The lowest BCUT2D eigenvalue weighted by Gasteiger charge is -2.01. The summed E-state index contributed by atoms with van der Waals surface area (Å²) >= 11 is 5.86. The first-order chi connectivity index (χ1) is 9.13. The smallest absolute Gasteiger partial charge is 0.249 e. The molecule has 2 aromatic rings. The molecular weight excluding hydrogens is 260 g/mol. The molecule has 19 heavy (non-hydrogen) atoms. The average molecular weight is 273 g/mol. The summed E-state index contributed by atoms with van der Waals surface area (Å²) in [5, 5.41) is 3.34. The molecule has 0 saturated carbocycles. The minimum Gasteiger partial charge on any atom is -0.307 e. The molecule has 0 saturated heterocycles. The van der Waals surface area contributed by atoms with E-state index in [2.05, 4.69) is 10.3 Å². The van der Waals surface area contributed by atoms with Gasteiger partial charge in [-0.1, -0.05) is 23.7 Å². The Morgan fingerprint density at radius 3 is 2.89 bits per heavy atom. The van der Waals surface area contributed by atoms with Gasteiger partial charge in [-0.15, -0.1) is 0 Å². The first kappa shape index (κ1) is 13.3. The van der Waals surface area contributed by atoms with Crippen molar-refractivity contribution in [3.05, 3.63) is 64.8 Å². The number of pyridine rings is 1. The van der Waals surface area contributed by atoms with Crippen LogP contribution in [0.4, 0.5) is 5.82 Å². The highest BCUT2D eigenvalue weighted by molar-refractivity contribution is 6.30. The van der Waals surface area contributed by atoms with E-state index in [0.29, 0.717) is 10.8 Å². The third-order valence-corrected chi connectivity index (χ3v) is 2.68. The number of amides is 1. The lowest BCUT2D eigenvalue weighted by atomic mass is 10.2. The van der Waals surface area contributed by atoms with Crippen molar-refractivity contribution in [1.82, 2.24) is 4.98 Å². The van der Waals surface area contributed by atoms with Crippen LogP contribution in [0.15, 0.2) is 48.7 Å². The molecular formula is C15H13ClN2O. The minimum absolute atomic E-state index is 0.224. The van der Waals surface area contributed by atoms with Gasteiger partial charge >= 0.3 is 0 Å². The first-order valence-electron chi connectivity index (χ1n) is 5.81. The second kappa shape index (κ2) is 6.16. The number of hydrogen-bond acceptors (Lipinski definition) is 2. The van der Waals surface area contributed by atoms with Crippen molar-refractivity contribution >= 4 is 29.4 Å². The van der Waals surface area contributed by atoms with E-state index in [0.717, 1.165) is 11.1 Å². The third-order valence-electron chi connectivity index (χ3n) is 2.44. The van der Waals surface area contributed by atoms with Gasteiger partial charge in [0.05, 0.1) is 0 Å². The Labute approximate surface area is 116 Å². The Kier molecular flexibility index (Phi) is 4.31. The van der Waals surface area contributed by atoms with Crippen LogP contribution >= 0.6 is 11.6 Å². The quantitative estimate of drug-likeness (QED) is 0.866. The van der Waals surface area contributed by atoms with Gasteiger partial charge in [-0.3, -0.25) is 4.79 Å². The van der Waals surface area contributed by atoms with Gasteiger partial charge < -0.3 is 5.32 Å². The molecule has 1 amide bonds. The number of nitrogens with zero attached hydrogens (tertiary/aromatic N) is 1. The van der Waals surface area contributed by atoms with Crippen LogP contribution < -0.4 is 5.32 Å². The summed E-state index contributed by atoms with van der Waals surface area (Å²) in [7, 11) is 0. The Bertz CT molecular complexity index is 623. The number of nitrogens with one attached hydrogen (secondary N) is 1. The van der Waals surface area contributed by atoms with Crippen molar-refractivity contribution in [1.29, 1.82) is 0 Å². The van der Waals surface area contributed by atoms with E-state index in [1.165, 1.54) is 6.08 Å². The monoisotopic (exact) mass is 272 g/mol. The summed E-state index contributed by atoms with van der Waals surface area (Å²) in [6.07, 6.45) is 4.82. The second-order valence-electron chi connectivity index (χ2n) is 4.10. The van der Waals surface area contributed by atoms with E-state index in [4.69, 9.17) is 11.6 Å². The summed E-state index contributed by atoms with van der Waals surface area (Å²) < 4.78 is 0. The predicted molar refractivity (Wildman–Crippen MR) is 78.1 cm³/mol. The maximum Gasteiger partial charge on any atom is 0.249 e. The van der Waals surface area contributed by atoms with Gasteiger partial charge in [-0.2, -0.15) is 0 Å². The second-order valence-corrected chi connectivity index (χ2v) is 4.53. The molecule has 0 aliphatic heterocycles. The summed E-state index contributed by atoms with van der Waals surface area (Å²) in [4.78, 5) is 15.8. The molecule has 0 spiro atoms. The molecule has 0 radical (unpaired) electrons. The molecule has 0 bridgehead atoms. The van der Waals surface area contributed by atoms with Gasteiger partial charge in [-0.25, -0.2) is 4.98 Å². The van der Waals surface area contributed by atoms with Gasteiger partial charge in [0.25, 0.3) is 0 Å². The van der Waals surface area contributed by atoms with E-state index in [9.17, 15) is 4.79 Å². The minimum atomic E-state index is -0.224. The topological polar surface area (TPSA) is 42.0 Å². The highest BCUT2D eigenvalue weighted by atomic mass is 35.5. The summed E-state index contributed by atoms with van der Waals surface area (Å²) in [5.41, 5.74) is 1.92. The van der Waals surface area contributed by atoms with E-state index in [1.807, 2.05) is 31.2 Å². The Morgan fingerprint density at radius 1 is 1.32 bits per heavy atom. The Morgan fingerprint density at radius 2 is 2.16 bits per heavy atom. The standard InChI is InChI=1S/C15H13ClN2O/c1-11-7-8-17-14(9-11)18-15(19)6-5-12-3-2-4-13(16)10-12/h2-10H,1H3,(H,17,18,19). The van der Waals surface area contributed by atoms with Crippen molar-refractivity contribution < 1.29 is 4.79 Å². The molecule has 4 heteroatoms. The molecule has 0 aliphatic carbocycles. The zero-order valence-electron chi connectivity index (χ0n) is 10.4. The fourth-order valence-corrected chi connectivity index (χ4v) is 1.75. The van der Waals surface area contributed by atoms with E-state index in [1.54, 1.807) is 24.4 Å². The lowest BCUT2D eigenvalue weighted by molar-refractivity contribution is -0.111. The normalized spacial score (nSPS) is 10.6. The maximum atomic E-state index is 11.7. The van der Waals surface area contributed by atoms with Crippen LogP contribution in [0.3, 0.4) is 0 Å². The van der Waals surface area contributed by atoms with E-state index >= 15 is 0 Å². The summed E-state index contributed by atoms with van der Waals surface area (Å²) in [5.74, 6) is 0.318. The van der Waals surface area contributed by atoms with E-state index < -0.39 is 0 Å². The number of carbonyl (C=O) groups is 1. The molecule has 0 aliphatic rings. The number of aromatic nitrogens is 1. The van der Waals surface area contributed by atoms with Crippen LogP contribution in [0.1, 0.15) is 11.1 Å². The number of hydrogen-bond donors (Lipinski definition) is 1. The third kappa shape index (κ3) is 4.23. The molecule has 1 N–H and O–H groups in total. The number of aryl methyl sites for hydroxylation is 1. The van der Waals surface area contributed by atoms with Crippen LogP contribution in [-0.2, 0) is 4.79 Å². The lowest BCUT2D eigenvalue weighted by Crippen LogP contribution is -2.09.